The van der Waals surface area contributed by atoms with Gasteiger partial charge in [0, 0.05) is 12.1 Å². The van der Waals surface area contributed by atoms with E-state index in [2.05, 4.69) is 34.5 Å². The van der Waals surface area contributed by atoms with Crippen LogP contribution in [0.2, 0.25) is 0 Å². The summed E-state index contributed by atoms with van der Waals surface area (Å²) in [4.78, 5) is 0. The molecule has 1 aromatic heterocycles. The van der Waals surface area contributed by atoms with E-state index in [1.54, 1.807) is 13.4 Å². The first-order valence-corrected chi connectivity index (χ1v) is 6.94. The van der Waals surface area contributed by atoms with Crippen molar-refractivity contribution < 1.29 is 4.74 Å². The molecular formula is C17H17N3O. The number of nitrogens with zero attached hydrogens (tertiary/aromatic N) is 3. The Labute approximate surface area is 124 Å². The minimum absolute atomic E-state index is 0.845. The van der Waals surface area contributed by atoms with Crippen LogP contribution < -0.4 is 4.74 Å². The highest BCUT2D eigenvalue weighted by Gasteiger charge is 2.06. The van der Waals surface area contributed by atoms with Gasteiger partial charge in [0.05, 0.1) is 7.11 Å². The molecule has 0 bridgehead atoms. The molecule has 2 aromatic carbocycles. The predicted octanol–water partition coefficient (Wildman–Crippen LogP) is 3.06. The van der Waals surface area contributed by atoms with Gasteiger partial charge in [-0.05, 0) is 36.2 Å². The van der Waals surface area contributed by atoms with Crippen molar-refractivity contribution in [2.75, 3.05) is 7.11 Å². The van der Waals surface area contributed by atoms with Crippen molar-refractivity contribution in [3.05, 3.63) is 72.3 Å². The molecule has 1 heterocycles. The van der Waals surface area contributed by atoms with Crippen LogP contribution in [0.1, 0.15) is 11.4 Å². The Hall–Kier alpha value is -2.62. The molecule has 0 spiro atoms. The van der Waals surface area contributed by atoms with Gasteiger partial charge >= 0.3 is 0 Å². The van der Waals surface area contributed by atoms with Crippen LogP contribution in [-0.2, 0) is 12.8 Å². The summed E-state index contributed by atoms with van der Waals surface area (Å²) in [7, 11) is 1.67. The summed E-state index contributed by atoms with van der Waals surface area (Å²) >= 11 is 0. The van der Waals surface area contributed by atoms with Gasteiger partial charge in [-0.15, -0.1) is 10.2 Å². The van der Waals surface area contributed by atoms with Crippen molar-refractivity contribution in [2.45, 2.75) is 12.8 Å². The Morgan fingerprint density at radius 1 is 0.952 bits per heavy atom. The summed E-state index contributed by atoms with van der Waals surface area (Å²) in [5.41, 5.74) is 2.35. The van der Waals surface area contributed by atoms with Crippen molar-refractivity contribution >= 4 is 0 Å². The van der Waals surface area contributed by atoms with E-state index >= 15 is 0 Å². The van der Waals surface area contributed by atoms with E-state index < -0.39 is 0 Å². The van der Waals surface area contributed by atoms with Crippen molar-refractivity contribution in [2.24, 2.45) is 0 Å². The van der Waals surface area contributed by atoms with E-state index in [4.69, 9.17) is 4.74 Å². The van der Waals surface area contributed by atoms with Gasteiger partial charge in [-0.2, -0.15) is 0 Å². The van der Waals surface area contributed by atoms with Gasteiger partial charge in [-0.25, -0.2) is 0 Å². The van der Waals surface area contributed by atoms with E-state index in [1.165, 1.54) is 5.56 Å². The normalized spacial score (nSPS) is 10.5. The van der Waals surface area contributed by atoms with E-state index in [0.717, 1.165) is 30.1 Å². The van der Waals surface area contributed by atoms with Crippen LogP contribution in [0.5, 0.6) is 5.75 Å². The van der Waals surface area contributed by atoms with Crippen molar-refractivity contribution in [1.82, 2.24) is 14.8 Å². The van der Waals surface area contributed by atoms with E-state index in [0.29, 0.717) is 0 Å². The summed E-state index contributed by atoms with van der Waals surface area (Å²) in [5.74, 6) is 1.81. The number of hydrogen-bond donors (Lipinski definition) is 0. The third-order valence-corrected chi connectivity index (χ3v) is 3.45. The molecule has 4 nitrogen and oxygen atoms in total. The third kappa shape index (κ3) is 3.11. The van der Waals surface area contributed by atoms with Crippen LogP contribution in [0.15, 0.2) is 60.9 Å². The topological polar surface area (TPSA) is 39.9 Å². The van der Waals surface area contributed by atoms with Gasteiger partial charge in [0.1, 0.15) is 17.9 Å². The van der Waals surface area contributed by atoms with Gasteiger partial charge < -0.3 is 4.74 Å². The first kappa shape index (κ1) is 13.4. The number of aromatic nitrogens is 3. The highest BCUT2D eigenvalue weighted by molar-refractivity contribution is 5.38. The zero-order valence-corrected chi connectivity index (χ0v) is 11.9. The lowest BCUT2D eigenvalue weighted by molar-refractivity contribution is 0.414. The van der Waals surface area contributed by atoms with Gasteiger partial charge in [0.2, 0.25) is 0 Å². The Morgan fingerprint density at radius 3 is 2.43 bits per heavy atom. The number of ether oxygens (including phenoxy) is 1. The SMILES string of the molecule is COc1ccc(-n2cnnc2CCc2ccccc2)cc1. The molecule has 0 saturated heterocycles. The number of rotatable bonds is 5. The third-order valence-electron chi connectivity index (χ3n) is 3.45. The molecule has 0 saturated carbocycles. The highest BCUT2D eigenvalue weighted by Crippen LogP contribution is 2.16. The largest absolute Gasteiger partial charge is 0.497 e. The molecule has 106 valence electrons. The van der Waals surface area contributed by atoms with Crippen LogP contribution in [0.25, 0.3) is 5.69 Å². The van der Waals surface area contributed by atoms with Gasteiger partial charge in [0.15, 0.2) is 0 Å². The zero-order valence-electron chi connectivity index (χ0n) is 11.9. The highest BCUT2D eigenvalue weighted by atomic mass is 16.5. The van der Waals surface area contributed by atoms with Crippen molar-refractivity contribution in [1.29, 1.82) is 0 Å². The quantitative estimate of drug-likeness (QED) is 0.720. The molecule has 0 N–H and O–H groups in total. The molecule has 0 amide bonds. The van der Waals surface area contributed by atoms with Crippen LogP contribution in [0.3, 0.4) is 0 Å². The second kappa shape index (κ2) is 6.22. The molecule has 0 fully saturated rings. The Balaban J connectivity index is 1.77. The summed E-state index contributed by atoms with van der Waals surface area (Å²) < 4.78 is 7.20. The summed E-state index contributed by atoms with van der Waals surface area (Å²) in [6.45, 7) is 0. The van der Waals surface area contributed by atoms with Crippen LogP contribution >= 0.6 is 0 Å². The number of aryl methyl sites for hydroxylation is 2. The molecule has 3 aromatic rings. The first-order valence-electron chi connectivity index (χ1n) is 6.94. The second-order valence-corrected chi connectivity index (χ2v) is 4.80. The number of hydrogen-bond acceptors (Lipinski definition) is 3. The summed E-state index contributed by atoms with van der Waals surface area (Å²) in [6.07, 6.45) is 3.56. The molecule has 3 rings (SSSR count). The number of methoxy groups -OCH3 is 1. The minimum Gasteiger partial charge on any atom is -0.497 e. The van der Waals surface area contributed by atoms with Crippen LogP contribution in [-0.4, -0.2) is 21.9 Å². The maximum atomic E-state index is 5.18. The Kier molecular flexibility index (Phi) is 3.96. The number of benzene rings is 2. The lowest BCUT2D eigenvalue weighted by Crippen LogP contribution is -2.02. The fourth-order valence-corrected chi connectivity index (χ4v) is 2.29. The van der Waals surface area contributed by atoms with E-state index in [1.807, 2.05) is 34.9 Å². The van der Waals surface area contributed by atoms with Gasteiger partial charge in [-0.3, -0.25) is 4.57 Å². The average molecular weight is 279 g/mol. The smallest absolute Gasteiger partial charge is 0.137 e. The molecule has 4 heteroatoms. The van der Waals surface area contributed by atoms with E-state index in [9.17, 15) is 0 Å². The van der Waals surface area contributed by atoms with Gasteiger partial charge in [0.25, 0.3) is 0 Å². The molecule has 0 radical (unpaired) electrons. The van der Waals surface area contributed by atoms with E-state index in [-0.39, 0.29) is 0 Å². The monoisotopic (exact) mass is 279 g/mol. The Bertz CT molecular complexity index is 690. The first-order chi connectivity index (χ1) is 10.4. The zero-order chi connectivity index (χ0) is 14.5. The molecule has 0 aliphatic rings. The summed E-state index contributed by atoms with van der Waals surface area (Å²) in [5, 5.41) is 8.27. The average Bonchev–Trinajstić information content (AvgIpc) is 3.02. The molecule has 0 aliphatic carbocycles. The predicted molar refractivity (Wildman–Crippen MR) is 81.8 cm³/mol. The molecular weight excluding hydrogens is 262 g/mol. The maximum absolute atomic E-state index is 5.18. The minimum atomic E-state index is 0.845. The van der Waals surface area contributed by atoms with Crippen molar-refractivity contribution in [3.63, 3.8) is 0 Å². The lowest BCUT2D eigenvalue weighted by atomic mass is 10.1. The maximum Gasteiger partial charge on any atom is 0.137 e. The molecule has 0 aliphatic heterocycles. The molecule has 21 heavy (non-hydrogen) atoms. The van der Waals surface area contributed by atoms with Gasteiger partial charge in [-0.1, -0.05) is 30.3 Å². The fourth-order valence-electron chi connectivity index (χ4n) is 2.29. The second-order valence-electron chi connectivity index (χ2n) is 4.80. The van der Waals surface area contributed by atoms with Crippen LogP contribution in [0.4, 0.5) is 0 Å². The molecule has 0 atom stereocenters. The standard InChI is InChI=1S/C17H17N3O/c1-21-16-10-8-15(9-11-16)20-13-18-19-17(20)12-7-14-5-3-2-4-6-14/h2-6,8-11,13H,7,12H2,1H3. The van der Waals surface area contributed by atoms with Crippen LogP contribution in [0, 0.1) is 0 Å². The fraction of sp³-hybridized carbons (Fsp3) is 0.176. The van der Waals surface area contributed by atoms with Crippen molar-refractivity contribution in [3.8, 4) is 11.4 Å². The Morgan fingerprint density at radius 2 is 1.71 bits per heavy atom. The molecule has 0 unspecified atom stereocenters. The lowest BCUT2D eigenvalue weighted by Gasteiger charge is -2.07. The summed E-state index contributed by atoms with van der Waals surface area (Å²) in [6, 6.07) is 18.3.